The number of carbonyl (C=O) groups is 2. The molecule has 0 aromatic rings. The van der Waals surface area contributed by atoms with E-state index in [1.165, 1.54) is 5.57 Å². The highest BCUT2D eigenvalue weighted by atomic mass is 16.5. The molecule has 106 valence electrons. The molecule has 19 heavy (non-hydrogen) atoms. The minimum Gasteiger partial charge on any atom is -0.462 e. The monoisotopic (exact) mass is 264 g/mol. The van der Waals surface area contributed by atoms with Crippen molar-refractivity contribution in [2.45, 2.75) is 53.6 Å². The molecule has 0 bridgehead atoms. The van der Waals surface area contributed by atoms with Crippen LogP contribution in [0.1, 0.15) is 47.5 Å². The summed E-state index contributed by atoms with van der Waals surface area (Å²) in [6.45, 7) is 9.94. The Morgan fingerprint density at radius 2 is 2.00 bits per heavy atom. The van der Waals surface area contributed by atoms with Crippen molar-refractivity contribution in [1.82, 2.24) is 0 Å². The Bertz CT molecular complexity index is 428. The molecule has 1 aliphatic carbocycles. The Morgan fingerprint density at radius 3 is 2.53 bits per heavy atom. The van der Waals surface area contributed by atoms with E-state index in [9.17, 15) is 9.59 Å². The van der Waals surface area contributed by atoms with E-state index in [1.807, 2.05) is 0 Å². The predicted octanol–water partition coefficient (Wildman–Crippen LogP) is 3.14. The summed E-state index contributed by atoms with van der Waals surface area (Å²) in [5.41, 5.74) is 1.19. The van der Waals surface area contributed by atoms with Gasteiger partial charge in [-0.3, -0.25) is 9.59 Å². The molecule has 4 atom stereocenters. The highest BCUT2D eigenvalue weighted by Gasteiger charge is 2.48. The number of esters is 1. The molecule has 0 aromatic heterocycles. The molecular formula is C16H24O3. The highest BCUT2D eigenvalue weighted by molar-refractivity contribution is 5.86. The molecule has 2 aliphatic rings. The van der Waals surface area contributed by atoms with Crippen LogP contribution < -0.4 is 0 Å². The smallest absolute Gasteiger partial charge is 0.310 e. The first-order valence-electron chi connectivity index (χ1n) is 7.09. The summed E-state index contributed by atoms with van der Waals surface area (Å²) in [6.07, 6.45) is 3.59. The van der Waals surface area contributed by atoms with Crippen LogP contribution in [-0.2, 0) is 14.3 Å². The van der Waals surface area contributed by atoms with Crippen LogP contribution in [0.4, 0.5) is 0 Å². The maximum Gasteiger partial charge on any atom is 0.310 e. The van der Waals surface area contributed by atoms with Gasteiger partial charge < -0.3 is 4.74 Å². The van der Waals surface area contributed by atoms with Crippen molar-refractivity contribution in [2.75, 3.05) is 0 Å². The Hall–Kier alpha value is -1.12. The van der Waals surface area contributed by atoms with Crippen molar-refractivity contribution in [2.24, 2.45) is 23.2 Å². The summed E-state index contributed by atoms with van der Waals surface area (Å²) >= 11 is 0. The first-order valence-corrected chi connectivity index (χ1v) is 7.09. The zero-order valence-electron chi connectivity index (χ0n) is 12.5. The summed E-state index contributed by atoms with van der Waals surface area (Å²) in [4.78, 5) is 24.1. The number of cyclic esters (lactones) is 1. The molecule has 1 fully saturated rings. The zero-order chi connectivity index (χ0) is 14.4. The van der Waals surface area contributed by atoms with Gasteiger partial charge in [-0.05, 0) is 38.0 Å². The highest BCUT2D eigenvalue weighted by Crippen LogP contribution is 2.45. The molecular weight excluding hydrogens is 240 g/mol. The molecule has 0 spiro atoms. The van der Waals surface area contributed by atoms with Gasteiger partial charge in [0.05, 0.1) is 5.92 Å². The molecule has 0 saturated carbocycles. The van der Waals surface area contributed by atoms with Crippen molar-refractivity contribution >= 4 is 11.8 Å². The number of allylic oxidation sites excluding steroid dienone is 2. The Balaban J connectivity index is 2.31. The summed E-state index contributed by atoms with van der Waals surface area (Å²) in [7, 11) is 0. The van der Waals surface area contributed by atoms with Crippen LogP contribution in [-0.4, -0.2) is 17.9 Å². The van der Waals surface area contributed by atoms with Gasteiger partial charge in [-0.2, -0.15) is 0 Å². The number of carbonyl (C=O) groups excluding carboxylic acids is 2. The van der Waals surface area contributed by atoms with E-state index in [4.69, 9.17) is 4.74 Å². The molecule has 1 heterocycles. The van der Waals surface area contributed by atoms with Crippen LogP contribution in [0.5, 0.6) is 0 Å². The number of ketones is 1. The van der Waals surface area contributed by atoms with Crippen LogP contribution >= 0.6 is 0 Å². The van der Waals surface area contributed by atoms with Crippen LogP contribution in [0, 0.1) is 23.2 Å². The first-order chi connectivity index (χ1) is 8.71. The Morgan fingerprint density at radius 1 is 1.37 bits per heavy atom. The SMILES string of the molecule is CC(=O)[C@H]1CC=C(C)[C@@H]2C[C@H](C(C)(C)C)OC(=O)[C@H]12. The molecule has 1 aliphatic heterocycles. The van der Waals surface area contributed by atoms with Gasteiger partial charge in [0.15, 0.2) is 0 Å². The number of hydrogen-bond donors (Lipinski definition) is 0. The van der Waals surface area contributed by atoms with Gasteiger partial charge in [-0.15, -0.1) is 0 Å². The molecule has 0 N–H and O–H groups in total. The van der Waals surface area contributed by atoms with Gasteiger partial charge in [0.25, 0.3) is 0 Å². The average Bonchev–Trinajstić information content (AvgIpc) is 2.28. The lowest BCUT2D eigenvalue weighted by Gasteiger charge is -2.44. The number of hydrogen-bond acceptors (Lipinski definition) is 3. The molecule has 3 nitrogen and oxygen atoms in total. The number of rotatable bonds is 1. The fourth-order valence-electron chi connectivity index (χ4n) is 3.28. The van der Waals surface area contributed by atoms with Gasteiger partial charge in [0.1, 0.15) is 11.9 Å². The van der Waals surface area contributed by atoms with Crippen molar-refractivity contribution in [1.29, 1.82) is 0 Å². The van der Waals surface area contributed by atoms with Gasteiger partial charge >= 0.3 is 5.97 Å². The van der Waals surface area contributed by atoms with Crippen LogP contribution in [0.15, 0.2) is 11.6 Å². The fourth-order valence-corrected chi connectivity index (χ4v) is 3.28. The molecule has 2 rings (SSSR count). The lowest BCUT2D eigenvalue weighted by atomic mass is 9.65. The van der Waals surface area contributed by atoms with Crippen LogP contribution in [0.25, 0.3) is 0 Å². The second kappa shape index (κ2) is 4.77. The maximum absolute atomic E-state index is 12.3. The van der Waals surface area contributed by atoms with E-state index < -0.39 is 0 Å². The fraction of sp³-hybridized carbons (Fsp3) is 0.750. The largest absolute Gasteiger partial charge is 0.462 e. The van der Waals surface area contributed by atoms with Crippen molar-refractivity contribution < 1.29 is 14.3 Å². The second-order valence-corrected chi connectivity index (χ2v) is 7.06. The van der Waals surface area contributed by atoms with E-state index >= 15 is 0 Å². The minimum absolute atomic E-state index is 0.0515. The third-order valence-electron chi connectivity index (χ3n) is 4.63. The van der Waals surface area contributed by atoms with Gasteiger partial charge in [0.2, 0.25) is 0 Å². The molecule has 0 unspecified atom stereocenters. The Labute approximate surface area is 115 Å². The van der Waals surface area contributed by atoms with E-state index in [0.29, 0.717) is 6.42 Å². The van der Waals surface area contributed by atoms with E-state index in [-0.39, 0.29) is 41.0 Å². The zero-order valence-corrected chi connectivity index (χ0v) is 12.5. The summed E-state index contributed by atoms with van der Waals surface area (Å²) in [5.74, 6) is -0.356. The van der Waals surface area contributed by atoms with Crippen molar-refractivity contribution in [3.8, 4) is 0 Å². The normalized spacial score (nSPS) is 35.2. The molecule has 1 saturated heterocycles. The average molecular weight is 264 g/mol. The van der Waals surface area contributed by atoms with Crippen molar-refractivity contribution in [3.05, 3.63) is 11.6 Å². The quantitative estimate of drug-likeness (QED) is 0.540. The summed E-state index contributed by atoms with van der Waals surface area (Å²) in [5, 5.41) is 0. The van der Waals surface area contributed by atoms with Gasteiger partial charge in [0, 0.05) is 5.92 Å². The second-order valence-electron chi connectivity index (χ2n) is 7.06. The lowest BCUT2D eigenvalue weighted by Crippen LogP contribution is -2.48. The summed E-state index contributed by atoms with van der Waals surface area (Å²) in [6, 6.07) is 0. The number of ether oxygens (including phenoxy) is 1. The molecule has 3 heteroatoms. The van der Waals surface area contributed by atoms with Crippen LogP contribution in [0.3, 0.4) is 0 Å². The number of fused-ring (bicyclic) bond motifs is 1. The standard InChI is InChI=1S/C16H24O3/c1-9-6-7-11(10(2)17)14-12(9)8-13(16(3,4)5)19-15(14)18/h6,11-14H,7-8H2,1-5H3/t11-,12+,13-,14-/m1/s1. The number of Topliss-reactive ketones (excluding diaryl/α,β-unsaturated/α-hetero) is 1. The predicted molar refractivity (Wildman–Crippen MR) is 73.5 cm³/mol. The van der Waals surface area contributed by atoms with E-state index in [1.54, 1.807) is 6.92 Å². The topological polar surface area (TPSA) is 43.4 Å². The molecule has 0 radical (unpaired) electrons. The Kier molecular flexibility index (Phi) is 3.59. The van der Waals surface area contributed by atoms with Gasteiger partial charge in [-0.25, -0.2) is 0 Å². The van der Waals surface area contributed by atoms with Crippen molar-refractivity contribution in [3.63, 3.8) is 0 Å². The first kappa shape index (κ1) is 14.3. The molecule has 0 aromatic carbocycles. The minimum atomic E-state index is -0.263. The van der Waals surface area contributed by atoms with Gasteiger partial charge in [-0.1, -0.05) is 32.4 Å². The molecule has 0 amide bonds. The third-order valence-corrected chi connectivity index (χ3v) is 4.63. The maximum atomic E-state index is 12.3. The summed E-state index contributed by atoms with van der Waals surface area (Å²) < 4.78 is 5.63. The third kappa shape index (κ3) is 2.60. The lowest BCUT2D eigenvalue weighted by molar-refractivity contribution is -0.176. The van der Waals surface area contributed by atoms with E-state index in [0.717, 1.165) is 6.42 Å². The van der Waals surface area contributed by atoms with E-state index in [2.05, 4.69) is 33.8 Å². The van der Waals surface area contributed by atoms with Crippen LogP contribution in [0.2, 0.25) is 0 Å².